The maximum Gasteiger partial charge on any atom is -0.0147 e. The van der Waals surface area contributed by atoms with Crippen molar-refractivity contribution in [1.82, 2.24) is 0 Å². The van der Waals surface area contributed by atoms with Gasteiger partial charge in [-0.2, -0.15) is 0 Å². The van der Waals surface area contributed by atoms with Crippen molar-refractivity contribution in [3.8, 4) is 0 Å². The quantitative estimate of drug-likeness (QED) is 0.477. The molecular formula is C10H14. The molecule has 5 unspecified atom stereocenters. The smallest absolute Gasteiger partial charge is 0.0147 e. The largest absolute Gasteiger partial charge is 0.0591 e. The van der Waals surface area contributed by atoms with Gasteiger partial charge in [0.25, 0.3) is 0 Å². The molecule has 0 saturated heterocycles. The van der Waals surface area contributed by atoms with Crippen LogP contribution in [0.4, 0.5) is 0 Å². The van der Waals surface area contributed by atoms with E-state index in [0.29, 0.717) is 0 Å². The fourth-order valence-corrected chi connectivity index (χ4v) is 5.56. The first kappa shape index (κ1) is 4.79. The van der Waals surface area contributed by atoms with Crippen molar-refractivity contribution in [3.05, 3.63) is 0 Å². The Bertz CT molecular complexity index is 261. The topological polar surface area (TPSA) is 0 Å². The van der Waals surface area contributed by atoms with Crippen molar-refractivity contribution in [3.63, 3.8) is 0 Å². The second-order valence-electron chi connectivity index (χ2n) is 5.86. The summed E-state index contributed by atoms with van der Waals surface area (Å²) in [5.74, 6) is 3.60. The molecule has 4 aliphatic rings. The van der Waals surface area contributed by atoms with E-state index in [2.05, 4.69) is 20.8 Å². The van der Waals surface area contributed by atoms with Crippen LogP contribution in [-0.2, 0) is 0 Å². The van der Waals surface area contributed by atoms with Crippen LogP contribution in [0.3, 0.4) is 0 Å². The average molecular weight is 134 g/mol. The van der Waals surface area contributed by atoms with E-state index in [4.69, 9.17) is 0 Å². The summed E-state index contributed by atoms with van der Waals surface area (Å²) >= 11 is 0. The molecule has 0 radical (unpaired) electrons. The van der Waals surface area contributed by atoms with E-state index in [1.54, 1.807) is 6.42 Å². The highest BCUT2D eigenvalue weighted by molar-refractivity contribution is 5.52. The normalized spacial score (nSPS) is 83.7. The van der Waals surface area contributed by atoms with Gasteiger partial charge in [-0.1, -0.05) is 20.8 Å². The standard InChI is InChI=1S/C10H14/c1-8(2)5-6-7(5)10(8)4-9(6,10)3/h5-7H,4H2,1-3H3. The van der Waals surface area contributed by atoms with Crippen LogP contribution < -0.4 is 0 Å². The number of hydrogen-bond acceptors (Lipinski definition) is 0. The maximum atomic E-state index is 2.53. The number of rotatable bonds is 0. The predicted molar refractivity (Wildman–Crippen MR) is 39.4 cm³/mol. The lowest BCUT2D eigenvalue weighted by atomic mass is 9.56. The van der Waals surface area contributed by atoms with Gasteiger partial charge in [0, 0.05) is 0 Å². The van der Waals surface area contributed by atoms with Crippen molar-refractivity contribution in [2.75, 3.05) is 0 Å². The van der Waals surface area contributed by atoms with Crippen molar-refractivity contribution in [2.45, 2.75) is 27.2 Å². The van der Waals surface area contributed by atoms with Gasteiger partial charge in [0.05, 0.1) is 0 Å². The van der Waals surface area contributed by atoms with Gasteiger partial charge >= 0.3 is 0 Å². The Morgan fingerprint density at radius 2 is 1.70 bits per heavy atom. The lowest BCUT2D eigenvalue weighted by molar-refractivity contribution is -0.0145. The Morgan fingerprint density at radius 1 is 1.00 bits per heavy atom. The summed E-state index contributed by atoms with van der Waals surface area (Å²) in [5.41, 5.74) is 2.53. The van der Waals surface area contributed by atoms with Gasteiger partial charge in [0.2, 0.25) is 0 Å². The summed E-state index contributed by atoms with van der Waals surface area (Å²) < 4.78 is 0. The minimum atomic E-state index is 0.761. The summed E-state index contributed by atoms with van der Waals surface area (Å²) in [6.07, 6.45) is 1.58. The van der Waals surface area contributed by atoms with E-state index in [0.717, 1.165) is 16.2 Å². The molecule has 4 aliphatic carbocycles. The van der Waals surface area contributed by atoms with E-state index in [1.165, 1.54) is 17.8 Å². The van der Waals surface area contributed by atoms with Gasteiger partial charge in [-0.05, 0) is 40.4 Å². The van der Waals surface area contributed by atoms with Crippen LogP contribution in [0.15, 0.2) is 0 Å². The van der Waals surface area contributed by atoms with Crippen LogP contribution in [0.25, 0.3) is 0 Å². The third-order valence-electron chi connectivity index (χ3n) is 5.85. The Morgan fingerprint density at radius 3 is 1.80 bits per heavy atom. The summed E-state index contributed by atoms with van der Waals surface area (Å²) in [6, 6.07) is 0. The van der Waals surface area contributed by atoms with Crippen LogP contribution in [-0.4, -0.2) is 0 Å². The van der Waals surface area contributed by atoms with Gasteiger partial charge in [-0.15, -0.1) is 0 Å². The minimum absolute atomic E-state index is 0.761. The zero-order chi connectivity index (χ0) is 6.94. The van der Waals surface area contributed by atoms with Gasteiger partial charge < -0.3 is 0 Å². The maximum absolute atomic E-state index is 2.53. The second kappa shape index (κ2) is 0.735. The SMILES string of the molecule is CC1(C)C2C3C2C12CC32C. The Kier molecular flexibility index (Phi) is 0.352. The van der Waals surface area contributed by atoms with Crippen molar-refractivity contribution in [1.29, 1.82) is 0 Å². The van der Waals surface area contributed by atoms with Crippen LogP contribution >= 0.6 is 0 Å². The first-order valence-corrected chi connectivity index (χ1v) is 4.57. The van der Waals surface area contributed by atoms with Gasteiger partial charge in [-0.25, -0.2) is 0 Å². The summed E-state index contributed by atoms with van der Waals surface area (Å²) in [4.78, 5) is 0. The molecule has 0 nitrogen and oxygen atoms in total. The molecule has 10 heavy (non-hydrogen) atoms. The molecule has 4 fully saturated rings. The molecule has 54 valence electrons. The molecule has 5 atom stereocenters. The predicted octanol–water partition coefficient (Wildman–Crippen LogP) is 2.30. The van der Waals surface area contributed by atoms with Crippen LogP contribution in [0.5, 0.6) is 0 Å². The zero-order valence-electron chi connectivity index (χ0n) is 6.94. The second-order valence-corrected chi connectivity index (χ2v) is 5.86. The Balaban J connectivity index is 2.01. The average Bonchev–Trinajstić information content (AvgIpc) is 2.58. The third-order valence-corrected chi connectivity index (χ3v) is 5.85. The van der Waals surface area contributed by atoms with Crippen molar-refractivity contribution >= 4 is 0 Å². The van der Waals surface area contributed by atoms with Crippen LogP contribution in [0, 0.1) is 34.0 Å². The summed E-state index contributed by atoms with van der Waals surface area (Å²) in [5, 5.41) is 0. The molecule has 4 rings (SSSR count). The highest BCUT2D eigenvalue weighted by Gasteiger charge is 3.05. The molecule has 0 heteroatoms. The van der Waals surface area contributed by atoms with E-state index in [1.807, 2.05) is 0 Å². The first-order valence-electron chi connectivity index (χ1n) is 4.57. The number of fused-ring (bicyclic) bond motifs is 2. The summed E-state index contributed by atoms with van der Waals surface area (Å²) in [7, 11) is 0. The van der Waals surface area contributed by atoms with Gasteiger partial charge in [0.1, 0.15) is 0 Å². The Labute approximate surface area is 62.0 Å². The Hall–Kier alpha value is 0. The summed E-state index contributed by atoms with van der Waals surface area (Å²) in [6.45, 7) is 7.54. The lowest BCUT2D eigenvalue weighted by Crippen LogP contribution is -2.44. The molecule has 0 N–H and O–H groups in total. The fraction of sp³-hybridized carbons (Fsp3) is 1.00. The monoisotopic (exact) mass is 134 g/mol. The third kappa shape index (κ3) is 0.157. The molecule has 0 aromatic carbocycles. The molecule has 0 amide bonds. The van der Waals surface area contributed by atoms with Gasteiger partial charge in [-0.3, -0.25) is 0 Å². The molecule has 0 aliphatic heterocycles. The highest BCUT2D eigenvalue weighted by Crippen LogP contribution is 3.10. The molecule has 4 saturated carbocycles. The molecule has 1 spiro atoms. The molecule has 0 bridgehead atoms. The van der Waals surface area contributed by atoms with E-state index >= 15 is 0 Å². The van der Waals surface area contributed by atoms with E-state index in [9.17, 15) is 0 Å². The van der Waals surface area contributed by atoms with E-state index in [-0.39, 0.29) is 0 Å². The zero-order valence-corrected chi connectivity index (χ0v) is 6.94. The molecule has 0 aromatic rings. The number of hydrogen-bond donors (Lipinski definition) is 0. The van der Waals surface area contributed by atoms with Crippen molar-refractivity contribution in [2.24, 2.45) is 34.0 Å². The molecule has 0 heterocycles. The molecular weight excluding hydrogens is 120 g/mol. The van der Waals surface area contributed by atoms with Gasteiger partial charge in [0.15, 0.2) is 0 Å². The molecule has 0 aromatic heterocycles. The van der Waals surface area contributed by atoms with Crippen molar-refractivity contribution < 1.29 is 0 Å². The fourth-order valence-electron chi connectivity index (χ4n) is 5.56. The van der Waals surface area contributed by atoms with Crippen LogP contribution in [0.2, 0.25) is 0 Å². The van der Waals surface area contributed by atoms with Crippen LogP contribution in [0.1, 0.15) is 27.2 Å². The lowest BCUT2D eigenvalue weighted by Gasteiger charge is -2.48. The highest BCUT2D eigenvalue weighted by atomic mass is 15.1. The minimum Gasteiger partial charge on any atom is -0.0591 e. The first-order chi connectivity index (χ1) is 4.57. The van der Waals surface area contributed by atoms with E-state index < -0.39 is 0 Å².